The molecule has 0 aliphatic heterocycles. The Labute approximate surface area is 225 Å². The zero-order valence-corrected chi connectivity index (χ0v) is 22.5. The van der Waals surface area contributed by atoms with E-state index in [1.807, 2.05) is 32.1 Å². The standard InChI is InChI=1S/C27H31FN8O3/c1-7-25(37)30-18-15-19(23(39-6)16-21(18)34(4)13-12-33(2)3)31-26-29-11-10-24(32-26)36-20-9-8-17(28)14-22(20)35(5)27(36)38/h7-11,14-16H,1,12-13H2,2-6H3,(H,30,37)(H,29,31,32). The van der Waals surface area contributed by atoms with Crippen molar-refractivity contribution >= 4 is 40.0 Å². The summed E-state index contributed by atoms with van der Waals surface area (Å²) in [6.45, 7) is 5.05. The number of anilines is 4. The Balaban J connectivity index is 1.75. The lowest BCUT2D eigenvalue weighted by Crippen LogP contribution is -2.29. The van der Waals surface area contributed by atoms with Gasteiger partial charge < -0.3 is 25.2 Å². The fourth-order valence-corrected chi connectivity index (χ4v) is 4.09. The normalized spacial score (nSPS) is 11.1. The summed E-state index contributed by atoms with van der Waals surface area (Å²) >= 11 is 0. The van der Waals surface area contributed by atoms with Crippen LogP contribution in [-0.2, 0) is 11.8 Å². The number of hydrogen-bond donors (Lipinski definition) is 2. The van der Waals surface area contributed by atoms with Crippen molar-refractivity contribution in [2.24, 2.45) is 7.05 Å². The zero-order chi connectivity index (χ0) is 28.3. The summed E-state index contributed by atoms with van der Waals surface area (Å²) in [5, 5.41) is 5.98. The maximum atomic E-state index is 13.8. The number of likely N-dealkylation sites (N-methyl/N-ethyl adjacent to an activating group) is 2. The summed E-state index contributed by atoms with van der Waals surface area (Å²) in [7, 11) is 9.01. The molecule has 2 heterocycles. The van der Waals surface area contributed by atoms with E-state index < -0.39 is 5.82 Å². The summed E-state index contributed by atoms with van der Waals surface area (Å²) in [4.78, 5) is 38.1. The van der Waals surface area contributed by atoms with Gasteiger partial charge in [-0.25, -0.2) is 18.7 Å². The number of imidazole rings is 1. The van der Waals surface area contributed by atoms with Crippen molar-refractivity contribution in [3.8, 4) is 11.6 Å². The van der Waals surface area contributed by atoms with Gasteiger partial charge >= 0.3 is 5.69 Å². The number of amides is 1. The van der Waals surface area contributed by atoms with E-state index in [-0.39, 0.29) is 17.5 Å². The van der Waals surface area contributed by atoms with E-state index >= 15 is 0 Å². The lowest BCUT2D eigenvalue weighted by Gasteiger charge is -2.26. The highest BCUT2D eigenvalue weighted by Gasteiger charge is 2.18. The van der Waals surface area contributed by atoms with Crippen molar-refractivity contribution in [1.82, 2.24) is 24.0 Å². The first-order valence-corrected chi connectivity index (χ1v) is 12.1. The Hall–Kier alpha value is -4.71. The van der Waals surface area contributed by atoms with Gasteiger partial charge in [-0.1, -0.05) is 6.58 Å². The number of rotatable bonds is 10. The SMILES string of the molecule is C=CC(=O)Nc1cc(Nc2nccc(-n3c(=O)n(C)c4cc(F)ccc43)n2)c(OC)cc1N(C)CCN(C)C. The molecule has 0 unspecified atom stereocenters. The van der Waals surface area contributed by atoms with Gasteiger partial charge in [0.25, 0.3) is 0 Å². The van der Waals surface area contributed by atoms with Crippen LogP contribution in [0.5, 0.6) is 5.75 Å². The minimum Gasteiger partial charge on any atom is -0.494 e. The lowest BCUT2D eigenvalue weighted by atomic mass is 10.2. The second-order valence-corrected chi connectivity index (χ2v) is 9.16. The summed E-state index contributed by atoms with van der Waals surface area (Å²) < 4.78 is 22.2. The van der Waals surface area contributed by atoms with Gasteiger partial charge in [-0.05, 0) is 44.4 Å². The Bertz CT molecular complexity index is 1590. The number of methoxy groups -OCH3 is 1. The number of carbonyl (C=O) groups is 1. The van der Waals surface area contributed by atoms with Gasteiger partial charge in [-0.3, -0.25) is 9.36 Å². The number of carbonyl (C=O) groups excluding carboxylic acids is 1. The van der Waals surface area contributed by atoms with Gasteiger partial charge in [0, 0.05) is 45.5 Å². The molecule has 0 saturated heterocycles. The number of hydrogen-bond acceptors (Lipinski definition) is 8. The summed E-state index contributed by atoms with van der Waals surface area (Å²) in [5.41, 5.74) is 2.34. The number of fused-ring (bicyclic) bond motifs is 1. The minimum atomic E-state index is -0.442. The van der Waals surface area contributed by atoms with Crippen molar-refractivity contribution in [3.05, 3.63) is 71.6 Å². The van der Waals surface area contributed by atoms with Crippen LogP contribution in [-0.4, -0.2) is 71.3 Å². The maximum Gasteiger partial charge on any atom is 0.334 e. The zero-order valence-electron chi connectivity index (χ0n) is 22.5. The number of halogens is 1. The smallest absolute Gasteiger partial charge is 0.334 e. The Morgan fingerprint density at radius 3 is 2.59 bits per heavy atom. The molecule has 0 fully saturated rings. The van der Waals surface area contributed by atoms with E-state index in [0.717, 1.165) is 12.2 Å². The molecule has 0 saturated carbocycles. The number of aryl methyl sites for hydroxylation is 1. The predicted octanol–water partition coefficient (Wildman–Crippen LogP) is 3.13. The third kappa shape index (κ3) is 5.75. The molecule has 4 aromatic rings. The molecule has 39 heavy (non-hydrogen) atoms. The highest BCUT2D eigenvalue weighted by molar-refractivity contribution is 6.02. The van der Waals surface area contributed by atoms with Gasteiger partial charge in [0.1, 0.15) is 17.4 Å². The topological polar surface area (TPSA) is 110 Å². The van der Waals surface area contributed by atoms with Gasteiger partial charge in [-0.2, -0.15) is 4.98 Å². The van der Waals surface area contributed by atoms with Crippen LogP contribution in [0.2, 0.25) is 0 Å². The first-order chi connectivity index (χ1) is 18.6. The average Bonchev–Trinajstić information content (AvgIpc) is 3.16. The van der Waals surface area contributed by atoms with Crippen molar-refractivity contribution in [2.75, 3.05) is 56.9 Å². The molecule has 0 atom stereocenters. The third-order valence-electron chi connectivity index (χ3n) is 6.19. The molecule has 4 rings (SSSR count). The van der Waals surface area contributed by atoms with Crippen LogP contribution in [0.3, 0.4) is 0 Å². The van der Waals surface area contributed by atoms with Gasteiger partial charge in [0.2, 0.25) is 11.9 Å². The predicted molar refractivity (Wildman–Crippen MR) is 151 cm³/mol. The first kappa shape index (κ1) is 27.3. The second kappa shape index (κ2) is 11.4. The Morgan fingerprint density at radius 2 is 1.90 bits per heavy atom. The van der Waals surface area contributed by atoms with E-state index in [1.54, 1.807) is 19.2 Å². The Morgan fingerprint density at radius 1 is 1.13 bits per heavy atom. The number of nitrogens with one attached hydrogen (secondary N) is 2. The van der Waals surface area contributed by atoms with Crippen molar-refractivity contribution in [2.45, 2.75) is 0 Å². The molecule has 11 nitrogen and oxygen atoms in total. The molecule has 2 N–H and O–H groups in total. The highest BCUT2D eigenvalue weighted by atomic mass is 19.1. The van der Waals surface area contributed by atoms with E-state index in [1.165, 1.54) is 46.7 Å². The molecule has 2 aromatic carbocycles. The van der Waals surface area contributed by atoms with E-state index in [0.29, 0.717) is 40.5 Å². The number of ether oxygens (including phenoxy) is 1. The van der Waals surface area contributed by atoms with Crippen LogP contribution in [0.1, 0.15) is 0 Å². The van der Waals surface area contributed by atoms with Crippen LogP contribution >= 0.6 is 0 Å². The monoisotopic (exact) mass is 534 g/mol. The fourth-order valence-electron chi connectivity index (χ4n) is 4.09. The molecular formula is C27H31FN8O3. The van der Waals surface area contributed by atoms with Crippen molar-refractivity contribution in [1.29, 1.82) is 0 Å². The largest absolute Gasteiger partial charge is 0.494 e. The summed E-state index contributed by atoms with van der Waals surface area (Å²) in [6, 6.07) is 9.25. The molecule has 0 aliphatic carbocycles. The molecule has 1 amide bonds. The number of nitrogens with zero attached hydrogens (tertiary/aromatic N) is 6. The maximum absolute atomic E-state index is 13.8. The molecule has 0 bridgehead atoms. The number of benzene rings is 2. The highest BCUT2D eigenvalue weighted by Crippen LogP contribution is 2.38. The average molecular weight is 535 g/mol. The molecule has 12 heteroatoms. The molecule has 0 radical (unpaired) electrons. The number of aromatic nitrogens is 4. The van der Waals surface area contributed by atoms with E-state index in [4.69, 9.17) is 4.74 Å². The Kier molecular flexibility index (Phi) is 7.96. The minimum absolute atomic E-state index is 0.187. The lowest BCUT2D eigenvalue weighted by molar-refractivity contribution is -0.111. The van der Waals surface area contributed by atoms with Crippen LogP contribution in [0.25, 0.3) is 16.9 Å². The van der Waals surface area contributed by atoms with Gasteiger partial charge in [-0.15, -0.1) is 0 Å². The van der Waals surface area contributed by atoms with Crippen molar-refractivity contribution < 1.29 is 13.9 Å². The molecule has 0 spiro atoms. The molecule has 2 aromatic heterocycles. The third-order valence-corrected chi connectivity index (χ3v) is 6.19. The fraction of sp³-hybridized carbons (Fsp3) is 0.259. The summed E-state index contributed by atoms with van der Waals surface area (Å²) in [6.07, 6.45) is 2.71. The van der Waals surface area contributed by atoms with Crippen LogP contribution in [0.15, 0.2) is 60.0 Å². The molecular weight excluding hydrogens is 503 g/mol. The molecule has 204 valence electrons. The van der Waals surface area contributed by atoms with Crippen LogP contribution in [0.4, 0.5) is 27.4 Å². The van der Waals surface area contributed by atoms with E-state index in [9.17, 15) is 14.0 Å². The summed E-state index contributed by atoms with van der Waals surface area (Å²) in [5.74, 6) is 0.173. The van der Waals surface area contributed by atoms with Gasteiger partial charge in [0.05, 0.1) is 35.2 Å². The molecule has 0 aliphatic rings. The van der Waals surface area contributed by atoms with E-state index in [2.05, 4.69) is 32.1 Å². The van der Waals surface area contributed by atoms with Gasteiger partial charge in [0.15, 0.2) is 0 Å². The van der Waals surface area contributed by atoms with Crippen LogP contribution < -0.4 is 26.0 Å². The first-order valence-electron chi connectivity index (χ1n) is 12.1. The quantitative estimate of drug-likeness (QED) is 0.299. The van der Waals surface area contributed by atoms with Crippen LogP contribution in [0, 0.1) is 5.82 Å². The van der Waals surface area contributed by atoms with Crippen molar-refractivity contribution in [3.63, 3.8) is 0 Å². The second-order valence-electron chi connectivity index (χ2n) is 9.16.